The first-order valence-corrected chi connectivity index (χ1v) is 6.08. The van der Waals surface area contributed by atoms with Gasteiger partial charge >= 0.3 is 0 Å². The molecule has 3 nitrogen and oxygen atoms in total. The molecule has 0 amide bonds. The van der Waals surface area contributed by atoms with Crippen LogP contribution >= 0.6 is 12.4 Å². The lowest BCUT2D eigenvalue weighted by atomic mass is 10.1. The van der Waals surface area contributed by atoms with E-state index in [1.165, 1.54) is 23.2 Å². The van der Waals surface area contributed by atoms with Gasteiger partial charge in [0.1, 0.15) is 0 Å². The summed E-state index contributed by atoms with van der Waals surface area (Å²) < 4.78 is 5.37. The van der Waals surface area contributed by atoms with Gasteiger partial charge in [0, 0.05) is 31.9 Å². The molecule has 2 heterocycles. The SMILES string of the molecule is Cl.c1cc2c(c(CN3CCOCC3)c1)NCC2. The van der Waals surface area contributed by atoms with E-state index in [9.17, 15) is 0 Å². The van der Waals surface area contributed by atoms with Gasteiger partial charge in [0.15, 0.2) is 0 Å². The molecular weight excluding hydrogens is 236 g/mol. The van der Waals surface area contributed by atoms with Crippen LogP contribution in [0.1, 0.15) is 11.1 Å². The Morgan fingerprint density at radius 1 is 1.24 bits per heavy atom. The molecule has 1 N–H and O–H groups in total. The van der Waals surface area contributed by atoms with Crippen LogP contribution in [0.3, 0.4) is 0 Å². The Bertz CT molecular complexity index is 378. The minimum absolute atomic E-state index is 0. The van der Waals surface area contributed by atoms with Crippen molar-refractivity contribution in [3.63, 3.8) is 0 Å². The van der Waals surface area contributed by atoms with E-state index < -0.39 is 0 Å². The number of morpholine rings is 1. The molecule has 4 heteroatoms. The van der Waals surface area contributed by atoms with Gasteiger partial charge in [-0.15, -0.1) is 12.4 Å². The highest BCUT2D eigenvalue weighted by molar-refractivity contribution is 5.85. The maximum absolute atomic E-state index is 5.37. The highest BCUT2D eigenvalue weighted by Gasteiger charge is 2.17. The van der Waals surface area contributed by atoms with Crippen LogP contribution in [0.5, 0.6) is 0 Å². The fraction of sp³-hybridized carbons (Fsp3) is 0.538. The normalized spacial score (nSPS) is 19.3. The molecule has 0 saturated carbocycles. The molecular formula is C13H19ClN2O. The Morgan fingerprint density at radius 3 is 2.88 bits per heavy atom. The van der Waals surface area contributed by atoms with Gasteiger partial charge in [-0.2, -0.15) is 0 Å². The molecule has 1 saturated heterocycles. The average Bonchev–Trinajstić information content (AvgIpc) is 2.80. The third kappa shape index (κ3) is 2.73. The Labute approximate surface area is 109 Å². The fourth-order valence-electron chi connectivity index (χ4n) is 2.54. The molecule has 0 spiro atoms. The van der Waals surface area contributed by atoms with Gasteiger partial charge in [-0.05, 0) is 17.5 Å². The van der Waals surface area contributed by atoms with Crippen molar-refractivity contribution in [3.05, 3.63) is 29.3 Å². The Morgan fingerprint density at radius 2 is 2.06 bits per heavy atom. The molecule has 17 heavy (non-hydrogen) atoms. The van der Waals surface area contributed by atoms with Crippen LogP contribution in [0.25, 0.3) is 0 Å². The number of hydrogen-bond acceptors (Lipinski definition) is 3. The first-order valence-electron chi connectivity index (χ1n) is 6.08. The van der Waals surface area contributed by atoms with E-state index in [0.29, 0.717) is 0 Å². The zero-order valence-corrected chi connectivity index (χ0v) is 10.8. The van der Waals surface area contributed by atoms with Crippen molar-refractivity contribution in [1.29, 1.82) is 0 Å². The minimum Gasteiger partial charge on any atom is -0.384 e. The molecule has 2 aliphatic rings. The lowest BCUT2D eigenvalue weighted by molar-refractivity contribution is 0.0343. The van der Waals surface area contributed by atoms with Crippen LogP contribution in [0.4, 0.5) is 5.69 Å². The third-order valence-corrected chi connectivity index (χ3v) is 3.43. The Balaban J connectivity index is 0.00000108. The van der Waals surface area contributed by atoms with Crippen molar-refractivity contribution in [2.24, 2.45) is 0 Å². The molecule has 0 radical (unpaired) electrons. The number of anilines is 1. The highest BCUT2D eigenvalue weighted by atomic mass is 35.5. The van der Waals surface area contributed by atoms with Crippen LogP contribution in [0.2, 0.25) is 0 Å². The summed E-state index contributed by atoms with van der Waals surface area (Å²) in [5.41, 5.74) is 4.30. The highest BCUT2D eigenvalue weighted by Crippen LogP contribution is 2.27. The summed E-state index contributed by atoms with van der Waals surface area (Å²) in [6, 6.07) is 6.66. The number of fused-ring (bicyclic) bond motifs is 1. The molecule has 1 fully saturated rings. The lowest BCUT2D eigenvalue weighted by Crippen LogP contribution is -2.35. The molecule has 94 valence electrons. The van der Waals surface area contributed by atoms with E-state index in [-0.39, 0.29) is 12.4 Å². The molecule has 1 aromatic rings. The van der Waals surface area contributed by atoms with E-state index in [1.807, 2.05) is 0 Å². The minimum atomic E-state index is 0. The quantitative estimate of drug-likeness (QED) is 0.873. The van der Waals surface area contributed by atoms with Crippen LogP contribution in [0, 0.1) is 0 Å². The van der Waals surface area contributed by atoms with E-state index in [2.05, 4.69) is 28.4 Å². The van der Waals surface area contributed by atoms with Crippen LogP contribution in [-0.4, -0.2) is 37.7 Å². The summed E-state index contributed by atoms with van der Waals surface area (Å²) in [6.45, 7) is 6.02. The maximum Gasteiger partial charge on any atom is 0.0594 e. The Kier molecular flexibility index (Phi) is 4.26. The smallest absolute Gasteiger partial charge is 0.0594 e. The second-order valence-corrected chi connectivity index (χ2v) is 4.52. The van der Waals surface area contributed by atoms with E-state index in [4.69, 9.17) is 4.74 Å². The van der Waals surface area contributed by atoms with Crippen molar-refractivity contribution >= 4 is 18.1 Å². The van der Waals surface area contributed by atoms with Gasteiger partial charge in [-0.3, -0.25) is 4.90 Å². The number of benzene rings is 1. The topological polar surface area (TPSA) is 24.5 Å². The van der Waals surface area contributed by atoms with Gasteiger partial charge in [0.05, 0.1) is 13.2 Å². The van der Waals surface area contributed by atoms with E-state index in [0.717, 1.165) is 39.4 Å². The largest absolute Gasteiger partial charge is 0.384 e. The molecule has 0 bridgehead atoms. The predicted octanol–water partition coefficient (Wildman–Crippen LogP) is 1.91. The van der Waals surface area contributed by atoms with Gasteiger partial charge in [-0.25, -0.2) is 0 Å². The molecule has 2 aliphatic heterocycles. The number of para-hydroxylation sites is 1. The van der Waals surface area contributed by atoms with E-state index in [1.54, 1.807) is 0 Å². The zero-order chi connectivity index (χ0) is 10.8. The molecule has 0 unspecified atom stereocenters. The van der Waals surface area contributed by atoms with Crippen molar-refractivity contribution < 1.29 is 4.74 Å². The van der Waals surface area contributed by atoms with Crippen LogP contribution < -0.4 is 5.32 Å². The first-order chi connectivity index (χ1) is 7.93. The van der Waals surface area contributed by atoms with Crippen LogP contribution in [-0.2, 0) is 17.7 Å². The van der Waals surface area contributed by atoms with Gasteiger partial charge in [0.2, 0.25) is 0 Å². The number of ether oxygens (including phenoxy) is 1. The monoisotopic (exact) mass is 254 g/mol. The number of nitrogens with zero attached hydrogens (tertiary/aromatic N) is 1. The summed E-state index contributed by atoms with van der Waals surface area (Å²) in [6.07, 6.45) is 1.17. The summed E-state index contributed by atoms with van der Waals surface area (Å²) in [4.78, 5) is 2.47. The van der Waals surface area contributed by atoms with Gasteiger partial charge in [0.25, 0.3) is 0 Å². The van der Waals surface area contributed by atoms with E-state index >= 15 is 0 Å². The zero-order valence-electron chi connectivity index (χ0n) is 9.95. The van der Waals surface area contributed by atoms with Crippen LogP contribution in [0.15, 0.2) is 18.2 Å². The molecule has 0 aromatic heterocycles. The predicted molar refractivity (Wildman–Crippen MR) is 72.0 cm³/mol. The molecule has 3 rings (SSSR count). The van der Waals surface area contributed by atoms with Crippen molar-refractivity contribution in [2.75, 3.05) is 38.2 Å². The number of halogens is 1. The first kappa shape index (κ1) is 12.7. The average molecular weight is 255 g/mol. The van der Waals surface area contributed by atoms with Crippen molar-refractivity contribution in [3.8, 4) is 0 Å². The van der Waals surface area contributed by atoms with Crippen molar-refractivity contribution in [2.45, 2.75) is 13.0 Å². The number of hydrogen-bond donors (Lipinski definition) is 1. The van der Waals surface area contributed by atoms with Gasteiger partial charge in [-0.1, -0.05) is 18.2 Å². The number of nitrogens with one attached hydrogen (secondary N) is 1. The van der Waals surface area contributed by atoms with Crippen molar-refractivity contribution in [1.82, 2.24) is 4.90 Å². The number of rotatable bonds is 2. The Hall–Kier alpha value is -0.770. The molecule has 0 aliphatic carbocycles. The summed E-state index contributed by atoms with van der Waals surface area (Å²) in [7, 11) is 0. The second-order valence-electron chi connectivity index (χ2n) is 4.52. The fourth-order valence-corrected chi connectivity index (χ4v) is 2.54. The summed E-state index contributed by atoms with van der Waals surface area (Å²) >= 11 is 0. The molecule has 1 aromatic carbocycles. The third-order valence-electron chi connectivity index (χ3n) is 3.43. The summed E-state index contributed by atoms with van der Waals surface area (Å²) in [5.74, 6) is 0. The maximum atomic E-state index is 5.37. The molecule has 0 atom stereocenters. The summed E-state index contributed by atoms with van der Waals surface area (Å²) in [5, 5.41) is 3.50. The lowest BCUT2D eigenvalue weighted by Gasteiger charge is -2.27. The second kappa shape index (κ2) is 5.71. The van der Waals surface area contributed by atoms with Gasteiger partial charge < -0.3 is 10.1 Å². The standard InChI is InChI=1S/C13H18N2O.ClH/c1-2-11-4-5-14-13(11)12(3-1)10-15-6-8-16-9-7-15;/h1-3,14H,4-10H2;1H.